The zero-order chi connectivity index (χ0) is 21.7. The summed E-state index contributed by atoms with van der Waals surface area (Å²) in [7, 11) is 0. The molecule has 0 unspecified atom stereocenters. The second-order valence-corrected chi connectivity index (χ2v) is 9.30. The fraction of sp³-hybridized carbons (Fsp3) is 0.286. The Morgan fingerprint density at radius 1 is 0.906 bits per heavy atom. The number of hydrogen-bond acceptors (Lipinski definition) is 2. The molecule has 1 aliphatic carbocycles. The van der Waals surface area contributed by atoms with Crippen LogP contribution in [0.4, 0.5) is 4.39 Å². The number of imidazole rings is 1. The molecule has 0 amide bonds. The Labute approximate surface area is 186 Å². The molecule has 1 saturated carbocycles. The van der Waals surface area contributed by atoms with Crippen molar-refractivity contribution in [3.63, 3.8) is 0 Å². The molecule has 160 valence electrons. The summed E-state index contributed by atoms with van der Waals surface area (Å²) in [5.41, 5.74) is 4.29. The van der Waals surface area contributed by atoms with Crippen LogP contribution in [0.5, 0.6) is 0 Å². The summed E-state index contributed by atoms with van der Waals surface area (Å²) in [6.07, 6.45) is 6.42. The quantitative estimate of drug-likeness (QED) is 0.327. The number of fused-ring (bicyclic) bond motifs is 3. The Bertz CT molecular complexity index is 1380. The minimum absolute atomic E-state index is 0.188. The lowest BCUT2D eigenvalue weighted by Gasteiger charge is -2.32. The van der Waals surface area contributed by atoms with Gasteiger partial charge in [-0.3, -0.25) is 4.98 Å². The van der Waals surface area contributed by atoms with Crippen molar-refractivity contribution in [2.45, 2.75) is 44.4 Å². The topological polar surface area (TPSA) is 41.6 Å². The monoisotopic (exact) mass is 423 g/mol. The molecule has 2 heterocycles. The number of hydrogen-bond donors (Lipinski definition) is 1. The van der Waals surface area contributed by atoms with Gasteiger partial charge < -0.3 is 4.98 Å². The number of benzene rings is 3. The lowest BCUT2D eigenvalue weighted by Crippen LogP contribution is -2.19. The lowest BCUT2D eigenvalue weighted by molar-refractivity contribution is 0.286. The number of aromatic amines is 1. The van der Waals surface area contributed by atoms with Crippen molar-refractivity contribution in [3.05, 3.63) is 84.1 Å². The van der Waals surface area contributed by atoms with Crippen molar-refractivity contribution in [2.75, 3.05) is 0 Å². The molecule has 5 aromatic rings. The summed E-state index contributed by atoms with van der Waals surface area (Å²) in [5, 5.41) is 3.44. The number of rotatable bonds is 3. The highest BCUT2D eigenvalue weighted by Gasteiger charge is 2.29. The minimum Gasteiger partial charge on any atom is -0.342 e. The van der Waals surface area contributed by atoms with Gasteiger partial charge in [0.2, 0.25) is 0 Å². The van der Waals surface area contributed by atoms with Gasteiger partial charge in [0.15, 0.2) is 0 Å². The Kier molecular flexibility index (Phi) is 4.67. The number of aromatic nitrogens is 3. The van der Waals surface area contributed by atoms with E-state index in [9.17, 15) is 4.39 Å². The Balaban J connectivity index is 1.22. The number of halogens is 1. The van der Waals surface area contributed by atoms with Crippen molar-refractivity contribution in [1.82, 2.24) is 15.0 Å². The molecular formula is C28H26FN3. The smallest absolute Gasteiger partial charge is 0.123 e. The van der Waals surface area contributed by atoms with Gasteiger partial charge in [-0.05, 0) is 90.3 Å². The van der Waals surface area contributed by atoms with E-state index < -0.39 is 0 Å². The Morgan fingerprint density at radius 2 is 1.69 bits per heavy atom. The van der Waals surface area contributed by atoms with Crippen LogP contribution in [0.3, 0.4) is 0 Å². The highest BCUT2D eigenvalue weighted by atomic mass is 19.1. The van der Waals surface area contributed by atoms with Crippen molar-refractivity contribution < 1.29 is 4.39 Å². The summed E-state index contributed by atoms with van der Waals surface area (Å²) in [6, 6.07) is 19.8. The van der Waals surface area contributed by atoms with Gasteiger partial charge in [0.05, 0.1) is 16.6 Å². The SMILES string of the molecule is C[C@@H](c1nc2cc3ccccc3cc2[nH]1)[C@H]1CC[C@@H](c2ccnc3ccc(F)cc32)CC1. The standard InChI is InChI=1S/C28H26FN3/c1-17(28-31-26-14-20-4-2-3-5-21(20)15-27(26)32-28)18-6-8-19(9-7-18)23-12-13-30-25-11-10-22(29)16-24(23)25/h2-5,10-19H,6-9H2,1H3,(H,31,32)/t17-,18-,19+/m1/s1. The van der Waals surface area contributed by atoms with Crippen LogP contribution in [0.25, 0.3) is 32.7 Å². The van der Waals surface area contributed by atoms with E-state index in [1.165, 1.54) is 22.4 Å². The number of pyridine rings is 1. The molecule has 3 nitrogen and oxygen atoms in total. The van der Waals surface area contributed by atoms with Gasteiger partial charge in [0.1, 0.15) is 11.6 Å². The van der Waals surface area contributed by atoms with Crippen LogP contribution in [-0.2, 0) is 0 Å². The third-order valence-corrected chi connectivity index (χ3v) is 7.46. The first-order valence-corrected chi connectivity index (χ1v) is 11.6. The van der Waals surface area contributed by atoms with Gasteiger partial charge in [-0.15, -0.1) is 0 Å². The van der Waals surface area contributed by atoms with E-state index >= 15 is 0 Å². The highest BCUT2D eigenvalue weighted by molar-refractivity contribution is 5.95. The number of nitrogens with one attached hydrogen (secondary N) is 1. The first kappa shape index (κ1) is 19.4. The van der Waals surface area contributed by atoms with E-state index in [2.05, 4.69) is 59.4 Å². The second kappa shape index (κ2) is 7.70. The molecule has 1 N–H and O–H groups in total. The third-order valence-electron chi connectivity index (χ3n) is 7.46. The minimum atomic E-state index is -0.188. The van der Waals surface area contributed by atoms with Crippen LogP contribution in [0, 0.1) is 11.7 Å². The molecule has 2 aromatic heterocycles. The second-order valence-electron chi connectivity index (χ2n) is 9.30. The van der Waals surface area contributed by atoms with Gasteiger partial charge in [0.25, 0.3) is 0 Å². The normalized spacial score (nSPS) is 20.2. The Morgan fingerprint density at radius 3 is 2.50 bits per heavy atom. The molecule has 1 atom stereocenters. The van der Waals surface area contributed by atoms with Gasteiger partial charge in [-0.2, -0.15) is 0 Å². The van der Waals surface area contributed by atoms with Crippen LogP contribution < -0.4 is 0 Å². The van der Waals surface area contributed by atoms with Crippen LogP contribution in [0.2, 0.25) is 0 Å². The van der Waals surface area contributed by atoms with Crippen molar-refractivity contribution >= 4 is 32.7 Å². The van der Waals surface area contributed by atoms with Crippen molar-refractivity contribution in [1.29, 1.82) is 0 Å². The molecule has 0 saturated heterocycles. The molecular weight excluding hydrogens is 397 g/mol. The summed E-state index contributed by atoms with van der Waals surface area (Å²) in [5.74, 6) is 2.36. The molecule has 32 heavy (non-hydrogen) atoms. The van der Waals surface area contributed by atoms with Crippen molar-refractivity contribution in [2.24, 2.45) is 5.92 Å². The summed E-state index contributed by atoms with van der Waals surface area (Å²) >= 11 is 0. The maximum absolute atomic E-state index is 13.9. The van der Waals surface area contributed by atoms with Gasteiger partial charge in [-0.25, -0.2) is 9.37 Å². The van der Waals surface area contributed by atoms with E-state index in [1.807, 2.05) is 6.20 Å². The summed E-state index contributed by atoms with van der Waals surface area (Å²) < 4.78 is 13.9. The molecule has 1 aliphatic rings. The number of H-pyrrole nitrogens is 1. The largest absolute Gasteiger partial charge is 0.342 e. The van der Waals surface area contributed by atoms with E-state index in [1.54, 1.807) is 12.1 Å². The van der Waals surface area contributed by atoms with Crippen LogP contribution in [0.15, 0.2) is 66.9 Å². The molecule has 6 rings (SSSR count). The average molecular weight is 424 g/mol. The van der Waals surface area contributed by atoms with Crippen LogP contribution in [-0.4, -0.2) is 15.0 Å². The molecule has 0 radical (unpaired) electrons. The predicted octanol–water partition coefficient (Wildman–Crippen LogP) is 7.48. The Hall–Kier alpha value is -3.27. The maximum atomic E-state index is 13.9. The summed E-state index contributed by atoms with van der Waals surface area (Å²) in [4.78, 5) is 13.0. The zero-order valence-corrected chi connectivity index (χ0v) is 18.2. The van der Waals surface area contributed by atoms with Crippen LogP contribution in [0.1, 0.15) is 55.8 Å². The zero-order valence-electron chi connectivity index (χ0n) is 18.2. The summed E-state index contributed by atoms with van der Waals surface area (Å²) in [6.45, 7) is 2.31. The highest BCUT2D eigenvalue weighted by Crippen LogP contribution is 2.43. The molecule has 0 bridgehead atoms. The fourth-order valence-electron chi connectivity index (χ4n) is 5.58. The van der Waals surface area contributed by atoms with E-state index in [4.69, 9.17) is 4.98 Å². The average Bonchev–Trinajstić information content (AvgIpc) is 3.24. The molecule has 0 spiro atoms. The molecule has 4 heteroatoms. The van der Waals surface area contributed by atoms with Gasteiger partial charge in [-0.1, -0.05) is 31.2 Å². The fourth-order valence-corrected chi connectivity index (χ4v) is 5.58. The first-order valence-electron chi connectivity index (χ1n) is 11.6. The van der Waals surface area contributed by atoms with Gasteiger partial charge in [0, 0.05) is 17.5 Å². The lowest BCUT2D eigenvalue weighted by atomic mass is 9.73. The van der Waals surface area contributed by atoms with Crippen molar-refractivity contribution in [3.8, 4) is 0 Å². The molecule has 1 fully saturated rings. The number of nitrogens with zero attached hydrogens (tertiary/aromatic N) is 2. The van der Waals surface area contributed by atoms with E-state index in [0.29, 0.717) is 17.8 Å². The maximum Gasteiger partial charge on any atom is 0.123 e. The first-order chi connectivity index (χ1) is 15.7. The molecule has 3 aromatic carbocycles. The van der Waals surface area contributed by atoms with E-state index in [0.717, 1.165) is 53.4 Å². The predicted molar refractivity (Wildman–Crippen MR) is 128 cm³/mol. The van der Waals surface area contributed by atoms with Crippen LogP contribution >= 0.6 is 0 Å². The van der Waals surface area contributed by atoms with Gasteiger partial charge >= 0.3 is 0 Å². The third kappa shape index (κ3) is 3.35. The van der Waals surface area contributed by atoms with E-state index in [-0.39, 0.29) is 5.82 Å². The molecule has 0 aliphatic heterocycles.